The number of amides is 2. The van der Waals surface area contributed by atoms with Crippen LogP contribution in [0.15, 0.2) is 65.3 Å². The van der Waals surface area contributed by atoms with E-state index in [1.807, 2.05) is 0 Å². The molecule has 154 valence electrons. The van der Waals surface area contributed by atoms with Crippen molar-refractivity contribution < 1.29 is 18.9 Å². The summed E-state index contributed by atoms with van der Waals surface area (Å²) in [5.74, 6) is -0.0886. The molecule has 1 heterocycles. The van der Waals surface area contributed by atoms with Gasteiger partial charge in [-0.2, -0.15) is 0 Å². The zero-order valence-electron chi connectivity index (χ0n) is 16.2. The Morgan fingerprint density at radius 1 is 1.03 bits per heavy atom. The number of hydrogen-bond donors (Lipinski definition) is 3. The molecule has 30 heavy (non-hydrogen) atoms. The van der Waals surface area contributed by atoms with Crippen molar-refractivity contribution in [2.75, 3.05) is 17.2 Å². The molecule has 0 spiro atoms. The third kappa shape index (κ3) is 5.02. The molecule has 0 fully saturated rings. The summed E-state index contributed by atoms with van der Waals surface area (Å²) in [7, 11) is 0. The number of furan rings is 1. The van der Waals surface area contributed by atoms with Crippen molar-refractivity contribution in [3.05, 3.63) is 87.9 Å². The van der Waals surface area contributed by atoms with Crippen molar-refractivity contribution in [1.29, 1.82) is 0 Å². The molecule has 0 aliphatic rings. The molecule has 3 N–H and O–H groups in total. The first-order valence-electron chi connectivity index (χ1n) is 9.13. The van der Waals surface area contributed by atoms with Gasteiger partial charge in [-0.1, -0.05) is 18.2 Å². The SMILES string of the molecule is Cc1c(NC(=O)CNc2ccccc2C(=O)NCc2ccco2)cccc1[N+](=O)[O-]. The largest absolute Gasteiger partial charge is 0.467 e. The van der Waals surface area contributed by atoms with Crippen molar-refractivity contribution >= 4 is 28.9 Å². The lowest BCUT2D eigenvalue weighted by Crippen LogP contribution is -2.26. The van der Waals surface area contributed by atoms with Gasteiger partial charge in [0.15, 0.2) is 0 Å². The van der Waals surface area contributed by atoms with Crippen molar-refractivity contribution in [1.82, 2.24) is 5.32 Å². The highest BCUT2D eigenvalue weighted by Gasteiger charge is 2.16. The zero-order chi connectivity index (χ0) is 21.5. The van der Waals surface area contributed by atoms with Gasteiger partial charge in [0.05, 0.1) is 41.1 Å². The molecule has 0 saturated heterocycles. The van der Waals surface area contributed by atoms with Crippen LogP contribution in [-0.4, -0.2) is 23.3 Å². The number of nitrogens with one attached hydrogen (secondary N) is 3. The van der Waals surface area contributed by atoms with Crippen molar-refractivity contribution in [2.24, 2.45) is 0 Å². The minimum atomic E-state index is -0.499. The standard InChI is InChI=1S/C21H20N4O5/c1-14-17(9-4-10-19(14)25(28)29)24-20(26)13-22-18-8-3-2-7-16(18)21(27)23-12-15-6-5-11-30-15/h2-11,22H,12-13H2,1H3,(H,23,27)(H,24,26). The lowest BCUT2D eigenvalue weighted by atomic mass is 10.1. The maximum Gasteiger partial charge on any atom is 0.274 e. The van der Waals surface area contributed by atoms with Crippen LogP contribution in [0.5, 0.6) is 0 Å². The molecular weight excluding hydrogens is 388 g/mol. The minimum absolute atomic E-state index is 0.0701. The summed E-state index contributed by atoms with van der Waals surface area (Å²) in [4.78, 5) is 35.3. The molecule has 0 bridgehead atoms. The van der Waals surface area contributed by atoms with E-state index in [9.17, 15) is 19.7 Å². The molecule has 2 aromatic carbocycles. The van der Waals surface area contributed by atoms with E-state index < -0.39 is 10.8 Å². The van der Waals surface area contributed by atoms with Crippen LogP contribution in [-0.2, 0) is 11.3 Å². The average molecular weight is 408 g/mol. The first-order chi connectivity index (χ1) is 14.5. The topological polar surface area (TPSA) is 127 Å². The second-order valence-electron chi connectivity index (χ2n) is 6.42. The number of carbonyl (C=O) groups is 2. The van der Waals surface area contributed by atoms with Gasteiger partial charge in [-0.05, 0) is 37.3 Å². The Hall–Kier alpha value is -4.14. The first-order valence-corrected chi connectivity index (χ1v) is 9.13. The van der Waals surface area contributed by atoms with Gasteiger partial charge >= 0.3 is 0 Å². The lowest BCUT2D eigenvalue weighted by molar-refractivity contribution is -0.385. The molecule has 0 aliphatic carbocycles. The maximum atomic E-state index is 12.5. The number of rotatable bonds is 8. The summed E-state index contributed by atoms with van der Waals surface area (Å²) < 4.78 is 5.19. The number of anilines is 2. The highest BCUT2D eigenvalue weighted by atomic mass is 16.6. The van der Waals surface area contributed by atoms with Crippen LogP contribution >= 0.6 is 0 Å². The van der Waals surface area contributed by atoms with E-state index in [1.54, 1.807) is 49.4 Å². The molecule has 1 aromatic heterocycles. The second kappa shape index (κ2) is 9.37. The number of nitro benzene ring substituents is 1. The van der Waals surface area contributed by atoms with Gasteiger partial charge in [0.1, 0.15) is 5.76 Å². The van der Waals surface area contributed by atoms with Crippen LogP contribution < -0.4 is 16.0 Å². The Labute approximate surface area is 172 Å². The highest BCUT2D eigenvalue weighted by molar-refractivity contribution is 6.01. The lowest BCUT2D eigenvalue weighted by Gasteiger charge is -2.13. The van der Waals surface area contributed by atoms with E-state index in [4.69, 9.17) is 4.42 Å². The fraction of sp³-hybridized carbons (Fsp3) is 0.143. The smallest absolute Gasteiger partial charge is 0.274 e. The third-order valence-electron chi connectivity index (χ3n) is 4.39. The number of nitro groups is 1. The summed E-state index contributed by atoms with van der Waals surface area (Å²) >= 11 is 0. The number of nitrogens with zero attached hydrogens (tertiary/aromatic N) is 1. The predicted octanol–water partition coefficient (Wildman–Crippen LogP) is 3.48. The summed E-state index contributed by atoms with van der Waals surface area (Å²) in [6, 6.07) is 14.8. The number of hydrogen-bond acceptors (Lipinski definition) is 6. The molecule has 0 aliphatic heterocycles. The van der Waals surface area contributed by atoms with Crippen molar-refractivity contribution in [3.63, 3.8) is 0 Å². The Balaban J connectivity index is 1.62. The van der Waals surface area contributed by atoms with Gasteiger partial charge in [-0.15, -0.1) is 0 Å². The third-order valence-corrected chi connectivity index (χ3v) is 4.39. The van der Waals surface area contributed by atoms with E-state index >= 15 is 0 Å². The van der Waals surface area contributed by atoms with E-state index in [0.717, 1.165) is 0 Å². The van der Waals surface area contributed by atoms with E-state index in [-0.39, 0.29) is 24.7 Å². The first kappa shape index (κ1) is 20.6. The number of carbonyl (C=O) groups excluding carboxylic acids is 2. The van der Waals surface area contributed by atoms with Crippen LogP contribution in [0.2, 0.25) is 0 Å². The van der Waals surface area contributed by atoms with Crippen LogP contribution in [0.1, 0.15) is 21.7 Å². The zero-order valence-corrected chi connectivity index (χ0v) is 16.2. The van der Waals surface area contributed by atoms with E-state index in [0.29, 0.717) is 28.3 Å². The highest BCUT2D eigenvalue weighted by Crippen LogP contribution is 2.25. The average Bonchev–Trinajstić information content (AvgIpc) is 3.25. The molecule has 0 unspecified atom stereocenters. The van der Waals surface area contributed by atoms with Crippen molar-refractivity contribution in [3.8, 4) is 0 Å². The Morgan fingerprint density at radius 3 is 2.53 bits per heavy atom. The molecule has 0 atom stereocenters. The Kier molecular flexibility index (Phi) is 6.43. The number of benzene rings is 2. The van der Waals surface area contributed by atoms with Gasteiger partial charge in [0.2, 0.25) is 5.91 Å². The Morgan fingerprint density at radius 2 is 1.80 bits per heavy atom. The van der Waals surface area contributed by atoms with Crippen molar-refractivity contribution in [2.45, 2.75) is 13.5 Å². The fourth-order valence-corrected chi connectivity index (χ4v) is 2.84. The monoisotopic (exact) mass is 408 g/mol. The normalized spacial score (nSPS) is 10.3. The summed E-state index contributed by atoms with van der Waals surface area (Å²) in [5, 5.41) is 19.4. The molecule has 3 aromatic rings. The van der Waals surface area contributed by atoms with E-state index in [2.05, 4.69) is 16.0 Å². The molecule has 9 heteroatoms. The molecule has 2 amide bonds. The summed E-state index contributed by atoms with van der Waals surface area (Å²) in [6.45, 7) is 1.69. The van der Waals surface area contributed by atoms with Crippen LogP contribution in [0.4, 0.5) is 17.1 Å². The fourth-order valence-electron chi connectivity index (χ4n) is 2.84. The van der Waals surface area contributed by atoms with E-state index in [1.165, 1.54) is 18.4 Å². The van der Waals surface area contributed by atoms with Gasteiger partial charge in [-0.3, -0.25) is 19.7 Å². The van der Waals surface area contributed by atoms with Crippen LogP contribution in [0, 0.1) is 17.0 Å². The molecule has 3 rings (SSSR count). The summed E-state index contributed by atoms with van der Waals surface area (Å²) in [5.41, 5.74) is 1.53. The van der Waals surface area contributed by atoms with Crippen LogP contribution in [0.25, 0.3) is 0 Å². The van der Waals surface area contributed by atoms with Gasteiger partial charge < -0.3 is 20.4 Å². The molecule has 0 radical (unpaired) electrons. The summed E-state index contributed by atoms with van der Waals surface area (Å²) in [6.07, 6.45) is 1.53. The van der Waals surface area contributed by atoms with Crippen LogP contribution in [0.3, 0.4) is 0 Å². The van der Waals surface area contributed by atoms with Gasteiger partial charge in [-0.25, -0.2) is 0 Å². The Bertz CT molecular complexity index is 1060. The van der Waals surface area contributed by atoms with Gasteiger partial charge in [0, 0.05) is 11.8 Å². The second-order valence-corrected chi connectivity index (χ2v) is 6.42. The maximum absolute atomic E-state index is 12.5. The predicted molar refractivity (Wildman–Crippen MR) is 111 cm³/mol. The molecular formula is C21H20N4O5. The van der Waals surface area contributed by atoms with Gasteiger partial charge in [0.25, 0.3) is 11.6 Å². The minimum Gasteiger partial charge on any atom is -0.467 e. The quantitative estimate of drug-likeness (QED) is 0.387. The molecule has 0 saturated carbocycles. The number of para-hydroxylation sites is 1. The molecule has 9 nitrogen and oxygen atoms in total.